The van der Waals surface area contributed by atoms with Crippen molar-refractivity contribution in [1.82, 2.24) is 10.2 Å². The molecule has 0 aliphatic carbocycles. The first-order chi connectivity index (χ1) is 10.3. The van der Waals surface area contributed by atoms with Gasteiger partial charge in [0.2, 0.25) is 0 Å². The van der Waals surface area contributed by atoms with Gasteiger partial charge in [-0.15, -0.1) is 0 Å². The summed E-state index contributed by atoms with van der Waals surface area (Å²) in [7, 11) is 0. The first kappa shape index (κ1) is 18.0. The molecule has 22 heavy (non-hydrogen) atoms. The minimum atomic E-state index is -4.17. The molecular weight excluding hydrogens is 429 g/mol. The average Bonchev–Trinajstić information content (AvgIpc) is 2.45. The molecule has 1 saturated heterocycles. The molecule has 3 nitrogen and oxygen atoms in total. The lowest BCUT2D eigenvalue weighted by Gasteiger charge is -2.35. The van der Waals surface area contributed by atoms with Crippen molar-refractivity contribution in [2.45, 2.75) is 25.1 Å². The SMILES string of the molecule is Oc1c(Br)cc([C@H](CCC(F)(F)F)N2CCNCC2)cc1Br. The van der Waals surface area contributed by atoms with Crippen LogP contribution in [0.4, 0.5) is 13.2 Å². The van der Waals surface area contributed by atoms with E-state index in [1.165, 1.54) is 0 Å². The molecule has 0 aromatic heterocycles. The van der Waals surface area contributed by atoms with Gasteiger partial charge in [-0.05, 0) is 56.0 Å². The topological polar surface area (TPSA) is 35.5 Å². The highest BCUT2D eigenvalue weighted by Crippen LogP contribution is 2.39. The van der Waals surface area contributed by atoms with Crippen molar-refractivity contribution in [3.8, 4) is 5.75 Å². The second-order valence-electron chi connectivity index (χ2n) is 5.29. The number of nitrogens with zero attached hydrogens (tertiary/aromatic N) is 1. The number of aromatic hydroxyl groups is 1. The lowest BCUT2D eigenvalue weighted by Crippen LogP contribution is -2.45. The molecule has 124 valence electrons. The van der Waals surface area contributed by atoms with Crippen molar-refractivity contribution in [1.29, 1.82) is 0 Å². The highest BCUT2D eigenvalue weighted by atomic mass is 79.9. The van der Waals surface area contributed by atoms with Gasteiger partial charge in [-0.25, -0.2) is 0 Å². The third-order valence-electron chi connectivity index (χ3n) is 3.72. The van der Waals surface area contributed by atoms with Crippen molar-refractivity contribution in [3.05, 3.63) is 26.6 Å². The number of rotatable bonds is 4. The van der Waals surface area contributed by atoms with E-state index in [0.29, 0.717) is 22.0 Å². The molecule has 0 spiro atoms. The van der Waals surface area contributed by atoms with Gasteiger partial charge in [0.1, 0.15) is 5.75 Å². The minimum absolute atomic E-state index is 0.00710. The Morgan fingerprint density at radius 1 is 1.18 bits per heavy atom. The molecule has 0 saturated carbocycles. The van der Waals surface area contributed by atoms with E-state index in [-0.39, 0.29) is 18.2 Å². The molecule has 1 atom stereocenters. The monoisotopic (exact) mass is 444 g/mol. The van der Waals surface area contributed by atoms with Crippen LogP contribution in [0.5, 0.6) is 5.75 Å². The van der Waals surface area contributed by atoms with Crippen LogP contribution in [0.1, 0.15) is 24.4 Å². The number of phenolic OH excluding ortho intramolecular Hbond substituents is 1. The van der Waals surface area contributed by atoms with Crippen molar-refractivity contribution in [2.24, 2.45) is 0 Å². The molecule has 0 bridgehead atoms. The van der Waals surface area contributed by atoms with E-state index >= 15 is 0 Å². The van der Waals surface area contributed by atoms with Crippen LogP contribution in [0, 0.1) is 0 Å². The van der Waals surface area contributed by atoms with Crippen LogP contribution < -0.4 is 5.32 Å². The molecule has 1 aromatic carbocycles. The molecule has 1 heterocycles. The second kappa shape index (κ2) is 7.51. The van der Waals surface area contributed by atoms with Crippen molar-refractivity contribution in [2.75, 3.05) is 26.2 Å². The van der Waals surface area contributed by atoms with Crippen LogP contribution in [0.15, 0.2) is 21.1 Å². The van der Waals surface area contributed by atoms with Gasteiger partial charge >= 0.3 is 6.18 Å². The van der Waals surface area contributed by atoms with Gasteiger partial charge in [-0.2, -0.15) is 13.2 Å². The Labute approximate surface area is 144 Å². The lowest BCUT2D eigenvalue weighted by atomic mass is 9.99. The molecule has 0 amide bonds. The molecule has 2 N–H and O–H groups in total. The Morgan fingerprint density at radius 3 is 2.23 bits per heavy atom. The van der Waals surface area contributed by atoms with Crippen LogP contribution in [0.2, 0.25) is 0 Å². The molecule has 1 aliphatic heterocycles. The first-order valence-electron chi connectivity index (χ1n) is 6.97. The summed E-state index contributed by atoms with van der Waals surface area (Å²) >= 11 is 6.49. The van der Waals surface area contributed by atoms with E-state index in [4.69, 9.17) is 0 Å². The van der Waals surface area contributed by atoms with Gasteiger partial charge in [-0.3, -0.25) is 4.90 Å². The molecule has 1 fully saturated rings. The third-order valence-corrected chi connectivity index (χ3v) is 4.93. The largest absolute Gasteiger partial charge is 0.506 e. The normalized spacial score (nSPS) is 18.4. The highest BCUT2D eigenvalue weighted by Gasteiger charge is 2.31. The zero-order valence-corrected chi connectivity index (χ0v) is 14.9. The van der Waals surface area contributed by atoms with Crippen LogP contribution in [-0.2, 0) is 0 Å². The Bertz CT molecular complexity index is 496. The van der Waals surface area contributed by atoms with Gasteiger partial charge in [0.15, 0.2) is 0 Å². The second-order valence-corrected chi connectivity index (χ2v) is 7.00. The Balaban J connectivity index is 2.26. The van der Waals surface area contributed by atoms with Crippen LogP contribution in [0.25, 0.3) is 0 Å². The van der Waals surface area contributed by atoms with Crippen LogP contribution >= 0.6 is 31.9 Å². The number of hydrogen-bond acceptors (Lipinski definition) is 3. The van der Waals surface area contributed by atoms with Gasteiger partial charge in [-0.1, -0.05) is 0 Å². The summed E-state index contributed by atoms with van der Waals surface area (Å²) in [6.45, 7) is 2.95. The quantitative estimate of drug-likeness (QED) is 0.728. The van der Waals surface area contributed by atoms with Crippen molar-refractivity contribution < 1.29 is 18.3 Å². The van der Waals surface area contributed by atoms with Gasteiger partial charge in [0.25, 0.3) is 0 Å². The summed E-state index contributed by atoms with van der Waals surface area (Å²) in [5, 5.41) is 13.0. The Kier molecular flexibility index (Phi) is 6.15. The van der Waals surface area contributed by atoms with Gasteiger partial charge in [0, 0.05) is 38.6 Å². The van der Waals surface area contributed by atoms with Crippen molar-refractivity contribution >= 4 is 31.9 Å². The van der Waals surface area contributed by atoms with E-state index in [9.17, 15) is 18.3 Å². The number of benzene rings is 1. The number of nitrogens with one attached hydrogen (secondary N) is 1. The molecule has 2 rings (SSSR count). The number of hydrogen-bond donors (Lipinski definition) is 2. The third kappa shape index (κ3) is 4.84. The number of halogens is 5. The summed E-state index contributed by atoms with van der Waals surface area (Å²) in [5.74, 6) is 0.0543. The maximum absolute atomic E-state index is 12.6. The smallest absolute Gasteiger partial charge is 0.389 e. The Hall–Kier alpha value is -0.310. The maximum Gasteiger partial charge on any atom is 0.389 e. The predicted octanol–water partition coefficient (Wildman–Crippen LogP) is 4.21. The fourth-order valence-electron chi connectivity index (χ4n) is 2.63. The zero-order valence-electron chi connectivity index (χ0n) is 11.8. The van der Waals surface area contributed by atoms with Crippen LogP contribution in [-0.4, -0.2) is 42.4 Å². The molecule has 0 unspecified atom stereocenters. The lowest BCUT2D eigenvalue weighted by molar-refractivity contribution is -0.138. The molecule has 1 aliphatic rings. The standard InChI is InChI=1S/C14H17Br2F3N2O/c15-10-7-9(8-11(16)13(10)22)12(1-2-14(17,18)19)21-5-3-20-4-6-21/h7-8,12,20,22H,1-6H2/t12-/m0/s1. The summed E-state index contributed by atoms with van der Waals surface area (Å²) in [6, 6.07) is 3.07. The van der Waals surface area contributed by atoms with Crippen molar-refractivity contribution in [3.63, 3.8) is 0 Å². The fraction of sp³-hybridized carbons (Fsp3) is 0.571. The summed E-state index contributed by atoms with van der Waals surface area (Å²) in [6.07, 6.45) is -4.98. The molecule has 0 radical (unpaired) electrons. The van der Waals surface area contributed by atoms with E-state index in [2.05, 4.69) is 42.1 Å². The summed E-state index contributed by atoms with van der Waals surface area (Å²) < 4.78 is 38.8. The fourth-order valence-corrected chi connectivity index (χ4v) is 3.85. The number of piperazine rings is 1. The average molecular weight is 446 g/mol. The van der Waals surface area contributed by atoms with E-state index in [1.807, 2.05) is 0 Å². The molecule has 1 aromatic rings. The molecular formula is C14H17Br2F3N2O. The van der Waals surface area contributed by atoms with E-state index in [1.54, 1.807) is 12.1 Å². The van der Waals surface area contributed by atoms with Crippen LogP contribution in [0.3, 0.4) is 0 Å². The summed E-state index contributed by atoms with van der Waals surface area (Å²) in [4.78, 5) is 2.06. The zero-order chi connectivity index (χ0) is 16.3. The highest BCUT2D eigenvalue weighted by molar-refractivity contribution is 9.11. The van der Waals surface area contributed by atoms with Gasteiger partial charge in [0.05, 0.1) is 8.95 Å². The molecule has 8 heteroatoms. The minimum Gasteiger partial charge on any atom is -0.506 e. The maximum atomic E-state index is 12.6. The van der Waals surface area contributed by atoms with E-state index in [0.717, 1.165) is 18.7 Å². The van der Waals surface area contributed by atoms with E-state index < -0.39 is 12.6 Å². The summed E-state index contributed by atoms with van der Waals surface area (Å²) in [5.41, 5.74) is 0.766. The predicted molar refractivity (Wildman–Crippen MR) is 86.0 cm³/mol. The number of phenols is 1. The first-order valence-corrected chi connectivity index (χ1v) is 8.56. The number of alkyl halides is 3. The Morgan fingerprint density at radius 2 is 1.73 bits per heavy atom. The van der Waals surface area contributed by atoms with Gasteiger partial charge < -0.3 is 10.4 Å².